The van der Waals surface area contributed by atoms with Crippen LogP contribution in [-0.2, 0) is 24.6 Å². The van der Waals surface area contributed by atoms with Gasteiger partial charge in [0.1, 0.15) is 4.21 Å². The molecule has 0 bridgehead atoms. The number of carbonyl (C=O) groups excluding carboxylic acids is 1. The first-order valence-electron chi connectivity index (χ1n) is 8.08. The molecule has 3 rings (SSSR count). The summed E-state index contributed by atoms with van der Waals surface area (Å²) in [5, 5.41) is 1.18. The van der Waals surface area contributed by atoms with Gasteiger partial charge in [-0.05, 0) is 54.3 Å². The van der Waals surface area contributed by atoms with E-state index in [-0.39, 0.29) is 49.9 Å². The summed E-state index contributed by atoms with van der Waals surface area (Å²) in [6, 6.07) is 8.65. The molecule has 0 amide bonds. The van der Waals surface area contributed by atoms with Crippen molar-refractivity contribution in [3.8, 4) is 0 Å². The summed E-state index contributed by atoms with van der Waals surface area (Å²) in [5.74, 6) is -0.735. The first kappa shape index (κ1) is 25.1. The molecule has 0 aliphatic heterocycles. The van der Waals surface area contributed by atoms with E-state index in [0.29, 0.717) is 16.0 Å². The number of hydrogen-bond donors (Lipinski definition) is 1. The third kappa shape index (κ3) is 5.01. The Morgan fingerprint density at radius 3 is 2.37 bits per heavy atom. The SMILES string of the molecule is COC(=O)c1ccc(NS(=O)(=O)c2sc3ccc(Cl)cc3c2C)c(S(C)(=O)=O)c1.[Na+]. The van der Waals surface area contributed by atoms with Gasteiger partial charge < -0.3 is 4.74 Å². The fourth-order valence-corrected chi connectivity index (χ4v) is 6.70. The van der Waals surface area contributed by atoms with Crippen LogP contribution < -0.4 is 34.3 Å². The van der Waals surface area contributed by atoms with E-state index in [1.54, 1.807) is 25.1 Å². The zero-order valence-corrected chi connectivity index (χ0v) is 21.7. The number of halogens is 1. The van der Waals surface area contributed by atoms with Crippen LogP contribution in [0.3, 0.4) is 0 Å². The fourth-order valence-electron chi connectivity index (χ4n) is 2.78. The van der Waals surface area contributed by atoms with Crippen LogP contribution in [0, 0.1) is 6.92 Å². The van der Waals surface area contributed by atoms with Gasteiger partial charge in [-0.2, -0.15) is 0 Å². The summed E-state index contributed by atoms with van der Waals surface area (Å²) in [7, 11) is -6.77. The van der Waals surface area contributed by atoms with Gasteiger partial charge in [-0.15, -0.1) is 11.3 Å². The smallest absolute Gasteiger partial charge is 0.465 e. The summed E-state index contributed by atoms with van der Waals surface area (Å²) in [6.45, 7) is 1.65. The van der Waals surface area contributed by atoms with Crippen molar-refractivity contribution < 1.29 is 55.9 Å². The van der Waals surface area contributed by atoms with E-state index in [1.807, 2.05) is 0 Å². The first-order chi connectivity index (χ1) is 13.4. The largest absolute Gasteiger partial charge is 1.00 e. The third-order valence-corrected chi connectivity index (χ3v) is 8.78. The molecule has 1 aromatic heterocycles. The van der Waals surface area contributed by atoms with E-state index in [4.69, 9.17) is 11.6 Å². The molecule has 12 heteroatoms. The molecule has 1 N–H and O–H groups in total. The number of thiophene rings is 1. The number of hydrogen-bond acceptors (Lipinski definition) is 7. The molecular formula is C18H16ClNNaO6S3+. The number of sulfone groups is 1. The number of anilines is 1. The average molecular weight is 497 g/mol. The number of rotatable bonds is 5. The Morgan fingerprint density at radius 2 is 1.77 bits per heavy atom. The second-order valence-electron chi connectivity index (χ2n) is 6.24. The minimum absolute atomic E-state index is 0. The standard InChI is InChI=1S/C18H16ClNO6S3.Na/c1-10-13-9-12(19)5-7-15(13)27-18(10)29(24,25)20-14-6-4-11(17(21)26-2)8-16(14)28(3,22)23;/h4-9,20H,1-3H3;/q;+1. The Balaban J connectivity index is 0.00000320. The average Bonchev–Trinajstić information content (AvgIpc) is 2.97. The van der Waals surface area contributed by atoms with Crippen LogP contribution in [0.5, 0.6) is 0 Å². The number of ether oxygens (including phenoxy) is 1. The number of methoxy groups -OCH3 is 1. The fraction of sp³-hybridized carbons (Fsp3) is 0.167. The number of sulfonamides is 1. The number of fused-ring (bicyclic) bond motifs is 1. The van der Waals surface area contributed by atoms with Crippen LogP contribution in [0.2, 0.25) is 5.02 Å². The summed E-state index contributed by atoms with van der Waals surface area (Å²) in [4.78, 5) is 11.4. The maximum atomic E-state index is 13.0. The number of benzene rings is 2. The molecule has 0 atom stereocenters. The van der Waals surface area contributed by atoms with E-state index in [1.165, 1.54) is 12.1 Å². The zero-order valence-electron chi connectivity index (χ0n) is 16.5. The zero-order chi connectivity index (χ0) is 21.6. The maximum absolute atomic E-state index is 13.0. The minimum Gasteiger partial charge on any atom is -0.465 e. The quantitative estimate of drug-likeness (QED) is 0.415. The Labute approximate surface area is 205 Å². The molecule has 2 aromatic carbocycles. The van der Waals surface area contributed by atoms with Crippen molar-refractivity contribution in [3.63, 3.8) is 0 Å². The van der Waals surface area contributed by atoms with Gasteiger partial charge in [0.15, 0.2) is 9.84 Å². The number of esters is 1. The molecule has 1 heterocycles. The van der Waals surface area contributed by atoms with E-state index in [9.17, 15) is 21.6 Å². The van der Waals surface area contributed by atoms with E-state index < -0.39 is 25.8 Å². The Kier molecular flexibility index (Phi) is 7.67. The van der Waals surface area contributed by atoms with Crippen molar-refractivity contribution in [1.82, 2.24) is 0 Å². The van der Waals surface area contributed by atoms with Crippen molar-refractivity contribution in [2.75, 3.05) is 18.1 Å². The van der Waals surface area contributed by atoms with Crippen molar-refractivity contribution in [2.45, 2.75) is 16.0 Å². The summed E-state index contributed by atoms with van der Waals surface area (Å²) >= 11 is 7.05. The Morgan fingerprint density at radius 1 is 1.10 bits per heavy atom. The summed E-state index contributed by atoms with van der Waals surface area (Å²) in [5.41, 5.74) is 0.339. The molecule has 0 aliphatic carbocycles. The van der Waals surface area contributed by atoms with Gasteiger partial charge in [-0.25, -0.2) is 21.6 Å². The maximum Gasteiger partial charge on any atom is 1.00 e. The van der Waals surface area contributed by atoms with Gasteiger partial charge in [0.05, 0.1) is 23.3 Å². The van der Waals surface area contributed by atoms with Crippen molar-refractivity contribution in [3.05, 3.63) is 52.5 Å². The van der Waals surface area contributed by atoms with Crippen molar-refractivity contribution in [2.24, 2.45) is 0 Å². The van der Waals surface area contributed by atoms with Crippen LogP contribution in [0.1, 0.15) is 15.9 Å². The first-order valence-corrected chi connectivity index (χ1v) is 12.6. The molecule has 0 saturated heterocycles. The molecule has 3 aromatic rings. The molecule has 0 unspecified atom stereocenters. The van der Waals surface area contributed by atoms with E-state index in [2.05, 4.69) is 9.46 Å². The molecule has 0 radical (unpaired) electrons. The Bertz CT molecular complexity index is 1350. The molecule has 0 aliphatic rings. The molecule has 0 spiro atoms. The molecule has 154 valence electrons. The molecule has 0 fully saturated rings. The topological polar surface area (TPSA) is 107 Å². The summed E-state index contributed by atoms with van der Waals surface area (Å²) < 4.78 is 58.1. The molecule has 7 nitrogen and oxygen atoms in total. The van der Waals surface area contributed by atoms with Gasteiger partial charge in [0, 0.05) is 16.0 Å². The predicted molar refractivity (Wildman–Crippen MR) is 113 cm³/mol. The number of aryl methyl sites for hydroxylation is 1. The summed E-state index contributed by atoms with van der Waals surface area (Å²) in [6.07, 6.45) is 0.924. The van der Waals surface area contributed by atoms with Gasteiger partial charge in [-0.3, -0.25) is 4.72 Å². The van der Waals surface area contributed by atoms with Crippen LogP contribution in [0.4, 0.5) is 5.69 Å². The predicted octanol–water partition coefficient (Wildman–Crippen LogP) is 0.858. The van der Waals surface area contributed by atoms with Gasteiger partial charge >= 0.3 is 35.5 Å². The third-order valence-electron chi connectivity index (χ3n) is 4.15. The minimum atomic E-state index is -4.10. The van der Waals surface area contributed by atoms with Gasteiger partial charge in [0.25, 0.3) is 10.0 Å². The number of carbonyl (C=O) groups is 1. The molecular weight excluding hydrogens is 481 g/mol. The van der Waals surface area contributed by atoms with E-state index >= 15 is 0 Å². The van der Waals surface area contributed by atoms with Crippen LogP contribution in [-0.4, -0.2) is 36.2 Å². The van der Waals surface area contributed by atoms with Crippen molar-refractivity contribution >= 4 is 64.5 Å². The van der Waals surface area contributed by atoms with Gasteiger partial charge in [-0.1, -0.05) is 11.6 Å². The molecule has 0 saturated carbocycles. The number of nitrogens with one attached hydrogen (secondary N) is 1. The normalized spacial score (nSPS) is 11.7. The van der Waals surface area contributed by atoms with Crippen LogP contribution in [0.15, 0.2) is 45.5 Å². The van der Waals surface area contributed by atoms with Crippen LogP contribution in [0.25, 0.3) is 10.1 Å². The van der Waals surface area contributed by atoms with Crippen molar-refractivity contribution in [1.29, 1.82) is 0 Å². The van der Waals surface area contributed by atoms with E-state index in [0.717, 1.165) is 35.5 Å². The second kappa shape index (κ2) is 9.15. The monoisotopic (exact) mass is 496 g/mol. The van der Waals surface area contributed by atoms with Gasteiger partial charge in [0.2, 0.25) is 0 Å². The molecule has 30 heavy (non-hydrogen) atoms. The second-order valence-corrected chi connectivity index (χ2v) is 11.6. The van der Waals surface area contributed by atoms with Crippen LogP contribution >= 0.6 is 22.9 Å². The Hall–Kier alpha value is -1.14.